The van der Waals surface area contributed by atoms with Crippen molar-refractivity contribution in [2.24, 2.45) is 0 Å². The zero-order valence-electron chi connectivity index (χ0n) is 25.1. The first-order valence-corrected chi connectivity index (χ1v) is 16.6. The van der Waals surface area contributed by atoms with Gasteiger partial charge in [-0.05, 0) is 80.6 Å². The maximum Gasteiger partial charge on any atom is 0.341 e. The minimum absolute atomic E-state index is 0.0633. The van der Waals surface area contributed by atoms with Gasteiger partial charge in [0.1, 0.15) is 16.5 Å². The van der Waals surface area contributed by atoms with Crippen LogP contribution in [-0.2, 0) is 27.2 Å². The van der Waals surface area contributed by atoms with E-state index in [2.05, 4.69) is 16.0 Å². The molecule has 0 unspecified atom stereocenters. The number of carbonyl (C=O) groups excluding carboxylic acids is 4. The second kappa shape index (κ2) is 15.5. The monoisotopic (exact) mass is 657 g/mol. The number of carbonyl (C=O) groups is 4. The molecule has 0 spiro atoms. The fraction of sp³-hybridized carbons (Fsp3) is 0.200. The number of ether oxygens (including phenoxy) is 1. The Bertz CT molecular complexity index is 1790. The lowest BCUT2D eigenvalue weighted by Gasteiger charge is -2.13. The fourth-order valence-corrected chi connectivity index (χ4v) is 6.99. The molecular formula is C35H32FN3O5S2. The van der Waals surface area contributed by atoms with Crippen molar-refractivity contribution in [1.29, 1.82) is 0 Å². The Hall–Kier alpha value is -4.74. The summed E-state index contributed by atoms with van der Waals surface area (Å²) in [6.07, 6.45) is 4.98. The van der Waals surface area contributed by atoms with E-state index in [1.165, 1.54) is 47.4 Å². The molecule has 3 N–H and O–H groups in total. The lowest BCUT2D eigenvalue weighted by atomic mass is 9.95. The van der Waals surface area contributed by atoms with Crippen LogP contribution in [0.15, 0.2) is 89.5 Å². The number of thiophene rings is 1. The van der Waals surface area contributed by atoms with Crippen molar-refractivity contribution >= 4 is 63.6 Å². The predicted molar refractivity (Wildman–Crippen MR) is 180 cm³/mol. The van der Waals surface area contributed by atoms with E-state index in [1.54, 1.807) is 67.6 Å². The van der Waals surface area contributed by atoms with Crippen LogP contribution in [0.5, 0.6) is 0 Å². The number of hydrogen-bond donors (Lipinski definition) is 3. The number of hydrogen-bond acceptors (Lipinski definition) is 7. The van der Waals surface area contributed by atoms with Crippen LogP contribution in [0.25, 0.3) is 6.08 Å². The third-order valence-corrected chi connectivity index (χ3v) is 9.30. The number of thioether (sulfide) groups is 1. The molecule has 8 nitrogen and oxygen atoms in total. The van der Waals surface area contributed by atoms with Crippen LogP contribution in [0.1, 0.15) is 56.5 Å². The smallest absolute Gasteiger partial charge is 0.341 e. The topological polar surface area (TPSA) is 114 Å². The van der Waals surface area contributed by atoms with Gasteiger partial charge in [0.2, 0.25) is 5.91 Å². The summed E-state index contributed by atoms with van der Waals surface area (Å²) in [4.78, 5) is 53.8. The first-order chi connectivity index (χ1) is 22.3. The summed E-state index contributed by atoms with van der Waals surface area (Å²) in [5.41, 5.74) is 2.18. The summed E-state index contributed by atoms with van der Waals surface area (Å²) in [6.45, 7) is 2.00. The van der Waals surface area contributed by atoms with E-state index in [0.29, 0.717) is 26.7 Å². The molecule has 0 fully saturated rings. The first-order valence-electron chi connectivity index (χ1n) is 14.8. The number of fused-ring (bicyclic) bond motifs is 1. The van der Waals surface area contributed by atoms with Crippen LogP contribution in [0.3, 0.4) is 0 Å². The number of halogens is 1. The summed E-state index contributed by atoms with van der Waals surface area (Å²) >= 11 is 2.69. The second-order valence-corrected chi connectivity index (χ2v) is 12.5. The molecule has 0 aliphatic heterocycles. The Morgan fingerprint density at radius 3 is 2.48 bits per heavy atom. The molecule has 11 heteroatoms. The van der Waals surface area contributed by atoms with Gasteiger partial charge in [-0.2, -0.15) is 0 Å². The molecule has 46 heavy (non-hydrogen) atoms. The highest BCUT2D eigenvalue weighted by Gasteiger charge is 2.27. The summed E-state index contributed by atoms with van der Waals surface area (Å²) in [6, 6.07) is 21.2. The summed E-state index contributed by atoms with van der Waals surface area (Å²) < 4.78 is 19.7. The van der Waals surface area contributed by atoms with Crippen LogP contribution < -0.4 is 16.0 Å². The van der Waals surface area contributed by atoms with Crippen molar-refractivity contribution < 1.29 is 28.3 Å². The summed E-state index contributed by atoms with van der Waals surface area (Å²) in [5.74, 6) is -2.35. The number of esters is 1. The van der Waals surface area contributed by atoms with Crippen LogP contribution in [0, 0.1) is 5.82 Å². The molecule has 5 rings (SSSR count). The van der Waals surface area contributed by atoms with Gasteiger partial charge in [0.15, 0.2) is 0 Å². The SMILES string of the molecule is CCOC(=O)c1c(NC(=O)CSc2cccc(NC(=O)/C(=C/c3ccccc3F)NC(=O)c3ccccc3)c2)sc2c1CCCC2. The van der Waals surface area contributed by atoms with Crippen molar-refractivity contribution in [2.45, 2.75) is 37.5 Å². The molecule has 1 aliphatic rings. The Morgan fingerprint density at radius 1 is 0.935 bits per heavy atom. The van der Waals surface area contributed by atoms with Gasteiger partial charge in [0, 0.05) is 26.6 Å². The third kappa shape index (κ3) is 8.29. The molecular weight excluding hydrogens is 626 g/mol. The fourth-order valence-electron chi connectivity index (χ4n) is 4.94. The lowest BCUT2D eigenvalue weighted by Crippen LogP contribution is -2.30. The van der Waals surface area contributed by atoms with E-state index in [1.807, 2.05) is 0 Å². The number of benzene rings is 3. The molecule has 0 saturated heterocycles. The van der Waals surface area contributed by atoms with Gasteiger partial charge in [0.25, 0.3) is 11.8 Å². The standard InChI is InChI=1S/C35H32FN3O5S2/c1-2-44-35(43)31-26-16-7-9-18-29(26)46-34(31)39-30(40)21-45-25-15-10-14-24(20-25)37-33(42)28(19-23-13-6-8-17-27(23)36)38-32(41)22-11-4-3-5-12-22/h3-6,8,10-15,17,19-20H,2,7,9,16,18,21H2,1H3,(H,37,42)(H,38,41)(H,39,40)/b28-19-. The highest BCUT2D eigenvalue weighted by Crippen LogP contribution is 2.38. The van der Waals surface area contributed by atoms with Crippen LogP contribution in [0.2, 0.25) is 0 Å². The van der Waals surface area contributed by atoms with E-state index < -0.39 is 23.6 Å². The van der Waals surface area contributed by atoms with Gasteiger partial charge in [-0.3, -0.25) is 14.4 Å². The van der Waals surface area contributed by atoms with Gasteiger partial charge in [-0.25, -0.2) is 9.18 Å². The number of amides is 3. The quantitative estimate of drug-likeness (QED) is 0.0903. The third-order valence-electron chi connectivity index (χ3n) is 7.10. The molecule has 0 radical (unpaired) electrons. The molecule has 0 bridgehead atoms. The predicted octanol–water partition coefficient (Wildman–Crippen LogP) is 7.08. The van der Waals surface area contributed by atoms with Crippen LogP contribution >= 0.6 is 23.1 Å². The van der Waals surface area contributed by atoms with Crippen molar-refractivity contribution in [3.8, 4) is 0 Å². The molecule has 4 aromatic rings. The van der Waals surface area contributed by atoms with E-state index >= 15 is 0 Å². The highest BCUT2D eigenvalue weighted by molar-refractivity contribution is 8.00. The summed E-state index contributed by atoms with van der Waals surface area (Å²) in [5, 5.41) is 8.78. The van der Waals surface area contributed by atoms with Gasteiger partial charge in [0.05, 0.1) is 17.9 Å². The van der Waals surface area contributed by atoms with E-state index in [0.717, 1.165) is 36.1 Å². The summed E-state index contributed by atoms with van der Waals surface area (Å²) in [7, 11) is 0. The molecule has 0 atom stereocenters. The Labute approximate surface area is 274 Å². The Morgan fingerprint density at radius 2 is 1.70 bits per heavy atom. The maximum atomic E-state index is 14.5. The van der Waals surface area contributed by atoms with Crippen molar-refractivity contribution in [2.75, 3.05) is 23.0 Å². The molecule has 1 heterocycles. The average molecular weight is 658 g/mol. The molecule has 236 valence electrons. The number of anilines is 2. The van der Waals surface area contributed by atoms with Gasteiger partial charge in [-0.1, -0.05) is 42.5 Å². The van der Waals surface area contributed by atoms with Crippen LogP contribution in [0.4, 0.5) is 15.1 Å². The number of rotatable bonds is 11. The van der Waals surface area contributed by atoms with Crippen molar-refractivity contribution in [3.05, 3.63) is 118 Å². The van der Waals surface area contributed by atoms with Crippen molar-refractivity contribution in [1.82, 2.24) is 5.32 Å². The minimum atomic E-state index is -0.652. The van der Waals surface area contributed by atoms with Crippen molar-refractivity contribution in [3.63, 3.8) is 0 Å². The van der Waals surface area contributed by atoms with E-state index in [9.17, 15) is 23.6 Å². The largest absolute Gasteiger partial charge is 0.462 e. The second-order valence-electron chi connectivity index (χ2n) is 10.4. The minimum Gasteiger partial charge on any atom is -0.462 e. The number of aryl methyl sites for hydroxylation is 1. The zero-order valence-corrected chi connectivity index (χ0v) is 26.7. The molecule has 1 aliphatic carbocycles. The molecule has 0 saturated carbocycles. The van der Waals surface area contributed by atoms with Gasteiger partial charge in [-0.15, -0.1) is 23.1 Å². The number of nitrogens with one attached hydrogen (secondary N) is 3. The normalized spacial score (nSPS) is 12.5. The molecule has 1 aromatic heterocycles. The molecule has 3 aromatic carbocycles. The van der Waals surface area contributed by atoms with Gasteiger partial charge < -0.3 is 20.7 Å². The van der Waals surface area contributed by atoms with E-state index in [4.69, 9.17) is 4.74 Å². The average Bonchev–Trinajstić information content (AvgIpc) is 3.43. The maximum absolute atomic E-state index is 14.5. The van der Waals surface area contributed by atoms with E-state index in [-0.39, 0.29) is 29.5 Å². The molecule has 3 amide bonds. The Kier molecular flexibility index (Phi) is 11.0. The van der Waals surface area contributed by atoms with Gasteiger partial charge >= 0.3 is 5.97 Å². The highest BCUT2D eigenvalue weighted by atomic mass is 32.2. The lowest BCUT2D eigenvalue weighted by molar-refractivity contribution is -0.114. The zero-order chi connectivity index (χ0) is 32.5. The first kappa shape index (κ1) is 32.6. The van der Waals surface area contributed by atoms with Crippen LogP contribution in [-0.4, -0.2) is 36.1 Å². The Balaban J connectivity index is 1.27.